The molecule has 12 heteroatoms. The van der Waals surface area contributed by atoms with E-state index in [1.165, 1.54) is 31.8 Å². The maximum absolute atomic E-state index is 12.9. The second kappa shape index (κ2) is 6.39. The lowest BCUT2D eigenvalue weighted by molar-refractivity contribution is -0.141. The summed E-state index contributed by atoms with van der Waals surface area (Å²) < 4.78 is 40.7. The minimum absolute atomic E-state index is 0.0158. The zero-order valence-electron chi connectivity index (χ0n) is 13.3. The summed E-state index contributed by atoms with van der Waals surface area (Å²) >= 11 is 5.67. The number of anilines is 1. The molecule has 2 aromatic rings. The molecule has 0 fully saturated rings. The molecule has 2 amide bonds. The summed E-state index contributed by atoms with van der Waals surface area (Å²) in [5, 5.41) is 9.01. The van der Waals surface area contributed by atoms with Gasteiger partial charge in [-0.05, 0) is 13.8 Å². The molecule has 0 aromatic carbocycles. The van der Waals surface area contributed by atoms with Crippen molar-refractivity contribution in [3.05, 3.63) is 28.3 Å². The van der Waals surface area contributed by atoms with Crippen LogP contribution in [0.25, 0.3) is 0 Å². The molecule has 8 nitrogen and oxygen atoms in total. The molecule has 2 heterocycles. The van der Waals surface area contributed by atoms with Crippen LogP contribution in [0.2, 0.25) is 5.02 Å². The van der Waals surface area contributed by atoms with Gasteiger partial charge in [0.15, 0.2) is 5.69 Å². The number of primary amides is 1. The third-order valence-corrected chi connectivity index (χ3v) is 3.97. The molecule has 25 heavy (non-hydrogen) atoms. The van der Waals surface area contributed by atoms with Crippen LogP contribution in [0.15, 0.2) is 6.20 Å². The molecule has 0 aliphatic rings. The number of rotatable bonds is 4. The van der Waals surface area contributed by atoms with E-state index in [2.05, 4.69) is 15.5 Å². The fraction of sp³-hybridized carbons (Fsp3) is 0.385. The number of alkyl halides is 3. The zero-order valence-corrected chi connectivity index (χ0v) is 14.1. The Morgan fingerprint density at radius 2 is 2.00 bits per heavy atom. The number of carbonyl (C=O) groups excluding carboxylic acids is 2. The van der Waals surface area contributed by atoms with Crippen molar-refractivity contribution in [1.29, 1.82) is 0 Å². The van der Waals surface area contributed by atoms with Gasteiger partial charge in [-0.1, -0.05) is 11.6 Å². The Balaban J connectivity index is 2.32. The average Bonchev–Trinajstić information content (AvgIpc) is 2.99. The van der Waals surface area contributed by atoms with Crippen LogP contribution in [0.5, 0.6) is 0 Å². The van der Waals surface area contributed by atoms with Gasteiger partial charge in [-0.15, -0.1) is 0 Å². The first-order chi connectivity index (χ1) is 11.4. The van der Waals surface area contributed by atoms with E-state index in [1.54, 1.807) is 0 Å². The highest BCUT2D eigenvalue weighted by atomic mass is 35.5. The number of hydrogen-bond donors (Lipinski definition) is 2. The Kier molecular flexibility index (Phi) is 4.80. The third kappa shape index (κ3) is 3.45. The molecular formula is C13H14ClF3N6O2. The van der Waals surface area contributed by atoms with Gasteiger partial charge in [0.05, 0.1) is 22.6 Å². The van der Waals surface area contributed by atoms with E-state index >= 15 is 0 Å². The number of carbonyl (C=O) groups is 2. The van der Waals surface area contributed by atoms with Crippen LogP contribution in [-0.2, 0) is 18.0 Å². The van der Waals surface area contributed by atoms with Gasteiger partial charge in [0.1, 0.15) is 11.7 Å². The van der Waals surface area contributed by atoms with Crippen molar-refractivity contribution >= 4 is 29.1 Å². The van der Waals surface area contributed by atoms with E-state index in [9.17, 15) is 22.8 Å². The van der Waals surface area contributed by atoms with E-state index in [4.69, 9.17) is 17.3 Å². The molecule has 0 bridgehead atoms. The SMILES string of the molecule is Cc1c(Cl)c(C(F)(F)F)nn1C(C)C(=O)Nc1cnn(C)c1C(N)=O. The van der Waals surface area contributed by atoms with Gasteiger partial charge >= 0.3 is 6.18 Å². The molecule has 3 N–H and O–H groups in total. The summed E-state index contributed by atoms with van der Waals surface area (Å²) in [5.41, 5.74) is 3.91. The number of halogens is 4. The second-order valence-corrected chi connectivity index (χ2v) is 5.63. The number of nitrogens with zero attached hydrogens (tertiary/aromatic N) is 4. The number of amides is 2. The number of nitrogens with two attached hydrogens (primary N) is 1. The fourth-order valence-electron chi connectivity index (χ4n) is 2.23. The van der Waals surface area contributed by atoms with E-state index in [0.717, 1.165) is 4.68 Å². The molecule has 0 radical (unpaired) electrons. The van der Waals surface area contributed by atoms with Crippen LogP contribution in [0.1, 0.15) is 34.8 Å². The summed E-state index contributed by atoms with van der Waals surface area (Å²) in [4.78, 5) is 23.7. The first-order valence-corrected chi connectivity index (χ1v) is 7.27. The van der Waals surface area contributed by atoms with Crippen molar-refractivity contribution in [2.75, 3.05) is 5.32 Å². The molecule has 2 aromatic heterocycles. The average molecular weight is 379 g/mol. The smallest absolute Gasteiger partial charge is 0.364 e. The molecule has 1 unspecified atom stereocenters. The van der Waals surface area contributed by atoms with Gasteiger partial charge in [0.25, 0.3) is 5.91 Å². The van der Waals surface area contributed by atoms with Gasteiger partial charge in [0, 0.05) is 7.05 Å². The first kappa shape index (κ1) is 18.8. The third-order valence-electron chi connectivity index (χ3n) is 3.52. The van der Waals surface area contributed by atoms with Crippen LogP contribution in [0.3, 0.4) is 0 Å². The summed E-state index contributed by atoms with van der Waals surface area (Å²) in [6, 6.07) is -1.13. The Bertz CT molecular complexity index is 842. The quantitative estimate of drug-likeness (QED) is 0.846. The molecule has 2 rings (SSSR count). The minimum Gasteiger partial charge on any atom is -0.364 e. The van der Waals surface area contributed by atoms with Gasteiger partial charge in [0.2, 0.25) is 5.91 Å². The fourth-order valence-corrected chi connectivity index (χ4v) is 2.46. The van der Waals surface area contributed by atoms with Crippen molar-refractivity contribution < 1.29 is 22.8 Å². The number of aromatic nitrogens is 4. The lowest BCUT2D eigenvalue weighted by Crippen LogP contribution is -2.27. The number of hydrogen-bond acceptors (Lipinski definition) is 4. The van der Waals surface area contributed by atoms with E-state index in [0.29, 0.717) is 0 Å². The Morgan fingerprint density at radius 1 is 1.40 bits per heavy atom. The van der Waals surface area contributed by atoms with E-state index in [1.807, 2.05) is 0 Å². The van der Waals surface area contributed by atoms with Gasteiger partial charge < -0.3 is 11.1 Å². The normalized spacial score (nSPS) is 12.9. The highest BCUT2D eigenvalue weighted by Gasteiger charge is 2.39. The summed E-state index contributed by atoms with van der Waals surface area (Å²) in [6.07, 6.45) is -3.54. The van der Waals surface area contributed by atoms with Crippen LogP contribution in [-0.4, -0.2) is 31.4 Å². The molecule has 1 atom stereocenters. The standard InChI is InChI=1S/C13H14ClF3N6O2/c1-5-8(14)10(13(15,16)17)21-23(5)6(2)12(25)20-7-4-19-22(3)9(7)11(18)24/h4,6H,1-3H3,(H2,18,24)(H,20,25). The van der Waals surface area contributed by atoms with Crippen LogP contribution >= 0.6 is 11.6 Å². The Hall–Kier alpha value is -2.56. The zero-order chi connectivity index (χ0) is 19.1. The molecule has 0 aliphatic carbocycles. The monoisotopic (exact) mass is 378 g/mol. The topological polar surface area (TPSA) is 108 Å². The lowest BCUT2D eigenvalue weighted by atomic mass is 10.2. The van der Waals surface area contributed by atoms with Crippen molar-refractivity contribution in [2.24, 2.45) is 12.8 Å². The molecule has 0 aliphatic heterocycles. The molecular weight excluding hydrogens is 365 g/mol. The van der Waals surface area contributed by atoms with Crippen molar-refractivity contribution in [3.63, 3.8) is 0 Å². The molecule has 0 saturated heterocycles. The minimum atomic E-state index is -4.74. The van der Waals surface area contributed by atoms with Crippen molar-refractivity contribution in [3.8, 4) is 0 Å². The maximum Gasteiger partial charge on any atom is 0.436 e. The first-order valence-electron chi connectivity index (χ1n) is 6.89. The predicted molar refractivity (Wildman–Crippen MR) is 82.0 cm³/mol. The predicted octanol–water partition coefficient (Wildman–Crippen LogP) is 1.90. The van der Waals surface area contributed by atoms with Gasteiger partial charge in [-0.3, -0.25) is 19.0 Å². The molecule has 136 valence electrons. The van der Waals surface area contributed by atoms with Crippen molar-refractivity contribution in [2.45, 2.75) is 26.1 Å². The van der Waals surface area contributed by atoms with Crippen LogP contribution in [0, 0.1) is 6.92 Å². The molecule has 0 spiro atoms. The Labute approximate surface area is 144 Å². The van der Waals surface area contributed by atoms with Crippen molar-refractivity contribution in [1.82, 2.24) is 19.6 Å². The summed E-state index contributed by atoms with van der Waals surface area (Å²) in [6.45, 7) is 2.65. The van der Waals surface area contributed by atoms with E-state index in [-0.39, 0.29) is 17.1 Å². The Morgan fingerprint density at radius 3 is 2.48 bits per heavy atom. The summed E-state index contributed by atoms with van der Waals surface area (Å²) in [5.74, 6) is -1.54. The molecule has 0 saturated carbocycles. The second-order valence-electron chi connectivity index (χ2n) is 5.25. The maximum atomic E-state index is 12.9. The van der Waals surface area contributed by atoms with Gasteiger partial charge in [-0.2, -0.15) is 23.4 Å². The highest BCUT2D eigenvalue weighted by Crippen LogP contribution is 2.36. The number of aryl methyl sites for hydroxylation is 1. The van der Waals surface area contributed by atoms with Crippen LogP contribution in [0.4, 0.5) is 18.9 Å². The summed E-state index contributed by atoms with van der Waals surface area (Å²) in [7, 11) is 1.45. The van der Waals surface area contributed by atoms with Gasteiger partial charge in [-0.25, -0.2) is 0 Å². The largest absolute Gasteiger partial charge is 0.436 e. The van der Waals surface area contributed by atoms with Crippen LogP contribution < -0.4 is 11.1 Å². The van der Waals surface area contributed by atoms with E-state index < -0.39 is 34.7 Å². The highest BCUT2D eigenvalue weighted by molar-refractivity contribution is 6.32. The number of nitrogens with one attached hydrogen (secondary N) is 1. The lowest BCUT2D eigenvalue weighted by Gasteiger charge is -2.14.